The highest BCUT2D eigenvalue weighted by atomic mass is 16.3. The first kappa shape index (κ1) is 34.1. The van der Waals surface area contributed by atoms with Gasteiger partial charge < -0.3 is 10.2 Å². The van der Waals surface area contributed by atoms with Gasteiger partial charge in [-0.15, -0.1) is 0 Å². The predicted molar refractivity (Wildman–Crippen MR) is 168 cm³/mol. The van der Waals surface area contributed by atoms with Gasteiger partial charge in [-0.1, -0.05) is 135 Å². The quantitative estimate of drug-likeness (QED) is 0.417. The van der Waals surface area contributed by atoms with Gasteiger partial charge in [0.25, 0.3) is 0 Å². The summed E-state index contributed by atoms with van der Waals surface area (Å²) < 4.78 is 0. The van der Waals surface area contributed by atoms with E-state index in [0.717, 1.165) is 35.1 Å². The van der Waals surface area contributed by atoms with Crippen molar-refractivity contribution in [2.45, 2.75) is 145 Å². The van der Waals surface area contributed by atoms with Crippen LogP contribution in [-0.2, 0) is 34.5 Å². The predicted octanol–water partition coefficient (Wildman–Crippen LogP) is 10.4. The van der Waals surface area contributed by atoms with Crippen LogP contribution in [0.2, 0.25) is 0 Å². The lowest BCUT2D eigenvalue weighted by atomic mass is 9.77. The number of hydrogen-bond donors (Lipinski definition) is 2. The van der Waals surface area contributed by atoms with Gasteiger partial charge >= 0.3 is 0 Å². The molecule has 2 rings (SSSR count). The Bertz CT molecular complexity index is 901. The van der Waals surface area contributed by atoms with Crippen LogP contribution in [-0.4, -0.2) is 10.2 Å². The summed E-state index contributed by atoms with van der Waals surface area (Å²) >= 11 is 0. The van der Waals surface area contributed by atoms with Crippen molar-refractivity contribution in [1.29, 1.82) is 0 Å². The first-order valence-corrected chi connectivity index (χ1v) is 14.6. The summed E-state index contributed by atoms with van der Waals surface area (Å²) in [5.74, 6) is 2.22. The molecule has 0 fully saturated rings. The molecule has 2 heteroatoms. The molecule has 0 aliphatic rings. The molecular formula is C36H60O2. The van der Waals surface area contributed by atoms with E-state index in [2.05, 4.69) is 135 Å². The van der Waals surface area contributed by atoms with Crippen molar-refractivity contribution in [1.82, 2.24) is 0 Å². The van der Waals surface area contributed by atoms with Crippen LogP contribution in [0.1, 0.15) is 144 Å². The zero-order chi connectivity index (χ0) is 30.0. The number of phenols is 2. The van der Waals surface area contributed by atoms with E-state index in [9.17, 15) is 10.2 Å². The summed E-state index contributed by atoms with van der Waals surface area (Å²) in [7, 11) is 0. The number of rotatable bonds is 4. The zero-order valence-corrected chi connectivity index (χ0v) is 27.8. The summed E-state index contributed by atoms with van der Waals surface area (Å²) in [5.41, 5.74) is 6.81. The molecule has 216 valence electrons. The smallest absolute Gasteiger partial charge is 0.123 e. The molecule has 2 N–H and O–H groups in total. The zero-order valence-electron chi connectivity index (χ0n) is 27.8. The summed E-state index contributed by atoms with van der Waals surface area (Å²) in [5, 5.41) is 21.2. The van der Waals surface area contributed by atoms with Gasteiger partial charge in [0.05, 0.1) is 0 Å². The van der Waals surface area contributed by atoms with Gasteiger partial charge in [-0.05, 0) is 79.7 Å². The molecular weight excluding hydrogens is 464 g/mol. The van der Waals surface area contributed by atoms with E-state index in [1.807, 2.05) is 0 Å². The van der Waals surface area contributed by atoms with Crippen LogP contribution in [0, 0.1) is 11.8 Å². The van der Waals surface area contributed by atoms with Crippen LogP contribution >= 0.6 is 0 Å². The lowest BCUT2D eigenvalue weighted by Gasteiger charge is -2.28. The molecule has 2 aromatic rings. The Hall–Kier alpha value is -1.96. The Morgan fingerprint density at radius 2 is 0.632 bits per heavy atom. The molecule has 0 atom stereocenters. The Labute approximate surface area is 236 Å². The molecule has 2 aromatic carbocycles. The molecule has 0 aromatic heterocycles. The van der Waals surface area contributed by atoms with E-state index < -0.39 is 0 Å². The van der Waals surface area contributed by atoms with Crippen LogP contribution in [0.15, 0.2) is 24.3 Å². The Kier molecular flexibility index (Phi) is 10.8. The Morgan fingerprint density at radius 3 is 0.763 bits per heavy atom. The first-order chi connectivity index (χ1) is 16.9. The van der Waals surface area contributed by atoms with Gasteiger partial charge in [-0.25, -0.2) is 0 Å². The fourth-order valence-corrected chi connectivity index (χ4v) is 4.85. The van der Waals surface area contributed by atoms with E-state index in [1.165, 1.54) is 11.1 Å². The second kappa shape index (κ2) is 12.1. The van der Waals surface area contributed by atoms with Crippen LogP contribution in [0.4, 0.5) is 0 Å². The van der Waals surface area contributed by atoms with Crippen molar-refractivity contribution in [3.8, 4) is 11.5 Å². The van der Waals surface area contributed by atoms with E-state index in [1.54, 1.807) is 0 Å². The Morgan fingerprint density at radius 1 is 0.447 bits per heavy atom. The number of hydrogen-bond acceptors (Lipinski definition) is 2. The van der Waals surface area contributed by atoms with Gasteiger partial charge in [-0.2, -0.15) is 0 Å². The molecule has 0 unspecified atom stereocenters. The van der Waals surface area contributed by atoms with Crippen LogP contribution < -0.4 is 0 Å². The molecule has 2 nitrogen and oxygen atoms in total. The minimum atomic E-state index is -0.0307. The molecule has 0 amide bonds. The second-order valence-corrected chi connectivity index (χ2v) is 16.3. The average Bonchev–Trinajstić information content (AvgIpc) is 2.66. The minimum absolute atomic E-state index is 0.0307. The lowest BCUT2D eigenvalue weighted by Crippen LogP contribution is -2.18. The molecule has 38 heavy (non-hydrogen) atoms. The Balaban J connectivity index is 0.000000380. The minimum Gasteiger partial charge on any atom is -0.507 e. The van der Waals surface area contributed by atoms with Crippen molar-refractivity contribution in [3.05, 3.63) is 57.6 Å². The molecule has 0 aliphatic heterocycles. The van der Waals surface area contributed by atoms with Crippen LogP contribution in [0.5, 0.6) is 11.5 Å². The third-order valence-electron chi connectivity index (χ3n) is 6.86. The van der Waals surface area contributed by atoms with Gasteiger partial charge in [0.1, 0.15) is 11.5 Å². The fraction of sp³-hybridized carbons (Fsp3) is 0.667. The van der Waals surface area contributed by atoms with Crippen molar-refractivity contribution in [3.63, 3.8) is 0 Å². The maximum absolute atomic E-state index is 10.6. The summed E-state index contributed by atoms with van der Waals surface area (Å²) in [6.45, 7) is 34.9. The number of phenolic OH excluding ortho intramolecular Hbond substituents is 2. The number of benzene rings is 2. The average molecular weight is 525 g/mol. The molecule has 0 aliphatic carbocycles. The van der Waals surface area contributed by atoms with Crippen LogP contribution in [0.3, 0.4) is 0 Å². The van der Waals surface area contributed by atoms with E-state index in [0.29, 0.717) is 23.3 Å². The van der Waals surface area contributed by atoms with E-state index in [4.69, 9.17) is 0 Å². The van der Waals surface area contributed by atoms with Crippen molar-refractivity contribution >= 4 is 0 Å². The summed E-state index contributed by atoms with van der Waals surface area (Å²) in [4.78, 5) is 0. The van der Waals surface area contributed by atoms with Crippen molar-refractivity contribution in [2.24, 2.45) is 11.8 Å². The maximum atomic E-state index is 10.6. The van der Waals surface area contributed by atoms with E-state index in [-0.39, 0.29) is 21.7 Å². The van der Waals surface area contributed by atoms with Gasteiger partial charge in [0.15, 0.2) is 0 Å². The van der Waals surface area contributed by atoms with Gasteiger partial charge in [0.2, 0.25) is 0 Å². The normalized spacial score (nSPS) is 13.1. The molecule has 0 saturated carbocycles. The highest BCUT2D eigenvalue weighted by Crippen LogP contribution is 2.41. The standard InChI is InChI=1S/2C18H30O/c2*1-12(2)9-13-10-14(17(3,4)5)16(19)15(11-13)18(6,7)8/h2*10-12,19H,9H2,1-8H3. The molecule has 0 saturated heterocycles. The van der Waals surface area contributed by atoms with E-state index >= 15 is 0 Å². The van der Waals surface area contributed by atoms with Gasteiger partial charge in [0, 0.05) is 0 Å². The molecule has 0 spiro atoms. The monoisotopic (exact) mass is 524 g/mol. The fourth-order valence-electron chi connectivity index (χ4n) is 4.85. The third kappa shape index (κ3) is 9.65. The maximum Gasteiger partial charge on any atom is 0.123 e. The van der Waals surface area contributed by atoms with Crippen LogP contribution in [0.25, 0.3) is 0 Å². The first-order valence-electron chi connectivity index (χ1n) is 14.6. The van der Waals surface area contributed by atoms with Crippen molar-refractivity contribution in [2.75, 3.05) is 0 Å². The molecule has 0 heterocycles. The lowest BCUT2D eigenvalue weighted by molar-refractivity contribution is 0.421. The SMILES string of the molecule is CC(C)Cc1cc(C(C)(C)C)c(O)c(C(C)(C)C)c1.CC(C)Cc1cc(C(C)(C)C)c(O)c(C(C)(C)C)c1. The van der Waals surface area contributed by atoms with Gasteiger partial charge in [-0.3, -0.25) is 0 Å². The van der Waals surface area contributed by atoms with Crippen molar-refractivity contribution < 1.29 is 10.2 Å². The summed E-state index contributed by atoms with van der Waals surface area (Å²) in [6, 6.07) is 8.74. The molecule has 0 bridgehead atoms. The largest absolute Gasteiger partial charge is 0.507 e. The topological polar surface area (TPSA) is 40.5 Å². The third-order valence-corrected chi connectivity index (χ3v) is 6.86. The second-order valence-electron chi connectivity index (χ2n) is 16.3. The molecule has 0 radical (unpaired) electrons. The highest BCUT2D eigenvalue weighted by molar-refractivity contribution is 5.51. The highest BCUT2D eigenvalue weighted by Gasteiger charge is 2.27. The number of aromatic hydroxyl groups is 2. The summed E-state index contributed by atoms with van der Waals surface area (Å²) in [6.07, 6.45) is 2.12.